The van der Waals surface area contributed by atoms with E-state index in [1.807, 2.05) is 0 Å². The fourth-order valence-corrected chi connectivity index (χ4v) is 2.09. The second-order valence-electron chi connectivity index (χ2n) is 5.97. The molecule has 0 aromatic heterocycles. The Morgan fingerprint density at radius 2 is 2.10 bits per heavy atom. The van der Waals surface area contributed by atoms with Crippen LogP contribution in [-0.2, 0) is 4.79 Å². The fraction of sp³-hybridized carbons (Fsp3) is 0.562. The summed E-state index contributed by atoms with van der Waals surface area (Å²) in [5.74, 6) is -0.0215. The highest BCUT2D eigenvalue weighted by Gasteiger charge is 2.20. The summed E-state index contributed by atoms with van der Waals surface area (Å²) in [6.07, 6.45) is 2.38. The molecule has 5 heteroatoms. The van der Waals surface area contributed by atoms with Crippen LogP contribution in [0.4, 0.5) is 11.4 Å². The van der Waals surface area contributed by atoms with Crippen LogP contribution in [0, 0.1) is 0 Å². The molecule has 0 aliphatic carbocycles. The van der Waals surface area contributed by atoms with Crippen LogP contribution in [0.3, 0.4) is 0 Å². The zero-order valence-electron chi connectivity index (χ0n) is 13.4. The Hall–Kier alpha value is -1.26. The third-order valence-corrected chi connectivity index (χ3v) is 4.32. The van der Waals surface area contributed by atoms with Gasteiger partial charge in [0.05, 0.1) is 11.4 Å². The Kier molecular flexibility index (Phi) is 6.49. The highest BCUT2D eigenvalue weighted by atomic mass is 35.5. The van der Waals surface area contributed by atoms with E-state index in [0.717, 1.165) is 19.4 Å². The van der Waals surface area contributed by atoms with E-state index in [1.165, 1.54) is 0 Å². The van der Waals surface area contributed by atoms with Crippen LogP contribution in [0.5, 0.6) is 0 Å². The zero-order chi connectivity index (χ0) is 16.0. The molecule has 0 bridgehead atoms. The number of benzene rings is 1. The second-order valence-corrected chi connectivity index (χ2v) is 6.41. The maximum atomic E-state index is 11.9. The lowest BCUT2D eigenvalue weighted by Gasteiger charge is -2.34. The predicted octanol–water partition coefficient (Wildman–Crippen LogP) is 3.76. The quantitative estimate of drug-likeness (QED) is 0.754. The molecule has 0 fully saturated rings. The third kappa shape index (κ3) is 5.56. The molecule has 1 amide bonds. The van der Waals surface area contributed by atoms with Crippen LogP contribution in [-0.4, -0.2) is 29.9 Å². The highest BCUT2D eigenvalue weighted by Crippen LogP contribution is 2.23. The number of halogens is 1. The molecular weight excluding hydrogens is 286 g/mol. The van der Waals surface area contributed by atoms with Gasteiger partial charge >= 0.3 is 0 Å². The Labute approximate surface area is 132 Å². The molecule has 3 N–H and O–H groups in total. The van der Waals surface area contributed by atoms with E-state index >= 15 is 0 Å². The van der Waals surface area contributed by atoms with Gasteiger partial charge in [0.25, 0.3) is 0 Å². The lowest BCUT2D eigenvalue weighted by Crippen LogP contribution is -2.41. The van der Waals surface area contributed by atoms with Gasteiger partial charge in [0.1, 0.15) is 0 Å². The molecule has 0 heterocycles. The lowest BCUT2D eigenvalue weighted by atomic mass is 10.00. The van der Waals surface area contributed by atoms with Crippen LogP contribution in [0.1, 0.15) is 40.0 Å². The molecular formula is C16H26ClN3O. The molecule has 0 saturated carbocycles. The number of hydrogen-bond donors (Lipinski definition) is 2. The molecule has 1 rings (SSSR count). The van der Waals surface area contributed by atoms with Crippen molar-refractivity contribution >= 4 is 28.9 Å². The molecule has 0 aliphatic rings. The maximum absolute atomic E-state index is 11.9. The van der Waals surface area contributed by atoms with Gasteiger partial charge in [-0.25, -0.2) is 0 Å². The largest absolute Gasteiger partial charge is 0.397 e. The van der Waals surface area contributed by atoms with Crippen LogP contribution >= 0.6 is 11.6 Å². The van der Waals surface area contributed by atoms with Gasteiger partial charge in [-0.2, -0.15) is 0 Å². The van der Waals surface area contributed by atoms with E-state index in [1.54, 1.807) is 18.2 Å². The average molecular weight is 312 g/mol. The molecule has 0 unspecified atom stereocenters. The van der Waals surface area contributed by atoms with Crippen LogP contribution < -0.4 is 11.1 Å². The number of hydrogen-bond acceptors (Lipinski definition) is 3. The number of carbonyl (C=O) groups is 1. The van der Waals surface area contributed by atoms with Crippen LogP contribution in [0.2, 0.25) is 5.02 Å². The number of anilines is 2. The van der Waals surface area contributed by atoms with Gasteiger partial charge in [0.15, 0.2) is 0 Å². The van der Waals surface area contributed by atoms with Gasteiger partial charge in [-0.1, -0.05) is 18.5 Å². The van der Waals surface area contributed by atoms with Gasteiger partial charge in [-0.3, -0.25) is 4.79 Å². The van der Waals surface area contributed by atoms with Crippen molar-refractivity contribution in [3.8, 4) is 0 Å². The molecule has 0 saturated heterocycles. The molecule has 1 aromatic rings. The van der Waals surface area contributed by atoms with Gasteiger partial charge < -0.3 is 16.0 Å². The van der Waals surface area contributed by atoms with Crippen LogP contribution in [0.25, 0.3) is 0 Å². The molecule has 0 atom stereocenters. The summed E-state index contributed by atoms with van der Waals surface area (Å²) < 4.78 is 0. The number of nitrogens with two attached hydrogens (primary N) is 1. The first-order valence-electron chi connectivity index (χ1n) is 7.32. The van der Waals surface area contributed by atoms with Crippen molar-refractivity contribution in [2.75, 3.05) is 24.6 Å². The van der Waals surface area contributed by atoms with Crippen molar-refractivity contribution < 1.29 is 4.79 Å². The first-order valence-corrected chi connectivity index (χ1v) is 7.70. The van der Waals surface area contributed by atoms with Crippen molar-refractivity contribution in [2.24, 2.45) is 0 Å². The summed E-state index contributed by atoms with van der Waals surface area (Å²) >= 11 is 5.83. The number of amides is 1. The molecule has 21 heavy (non-hydrogen) atoms. The summed E-state index contributed by atoms with van der Waals surface area (Å²) in [5.41, 5.74) is 7.08. The highest BCUT2D eigenvalue weighted by molar-refractivity contribution is 6.31. The smallest absolute Gasteiger partial charge is 0.224 e. The first kappa shape index (κ1) is 17.8. The number of rotatable bonds is 7. The van der Waals surface area contributed by atoms with Gasteiger partial charge in [-0.05, 0) is 58.5 Å². The number of nitrogens with zero attached hydrogens (tertiary/aromatic N) is 1. The van der Waals surface area contributed by atoms with Crippen LogP contribution in [0.15, 0.2) is 18.2 Å². The minimum atomic E-state index is -0.0215. The summed E-state index contributed by atoms with van der Waals surface area (Å²) in [6.45, 7) is 7.49. The molecule has 4 nitrogen and oxygen atoms in total. The molecule has 0 aliphatic heterocycles. The second kappa shape index (κ2) is 7.66. The van der Waals surface area contributed by atoms with Gasteiger partial charge in [0, 0.05) is 17.0 Å². The summed E-state index contributed by atoms with van der Waals surface area (Å²) in [5, 5.41) is 3.39. The molecule has 1 aromatic carbocycles. The van der Waals surface area contributed by atoms with E-state index in [-0.39, 0.29) is 11.4 Å². The number of carbonyl (C=O) groups excluding carboxylic acids is 1. The molecule has 118 valence electrons. The monoisotopic (exact) mass is 311 g/mol. The summed E-state index contributed by atoms with van der Waals surface area (Å²) in [7, 11) is 2.10. The lowest BCUT2D eigenvalue weighted by molar-refractivity contribution is -0.116. The normalized spacial score (nSPS) is 11.7. The van der Waals surface area contributed by atoms with E-state index in [2.05, 4.69) is 38.0 Å². The topological polar surface area (TPSA) is 58.4 Å². The van der Waals surface area contributed by atoms with E-state index in [4.69, 9.17) is 17.3 Å². The molecule has 0 radical (unpaired) electrons. The third-order valence-electron chi connectivity index (χ3n) is 4.08. The molecule has 0 spiro atoms. The SMILES string of the molecule is CCC(C)(C)N(C)CCCC(=O)Nc1ccc(Cl)cc1N. The van der Waals surface area contributed by atoms with Crippen molar-refractivity contribution in [2.45, 2.75) is 45.6 Å². The van der Waals surface area contributed by atoms with Crippen molar-refractivity contribution in [3.05, 3.63) is 23.2 Å². The first-order chi connectivity index (χ1) is 9.76. The standard InChI is InChI=1S/C16H26ClN3O/c1-5-16(2,3)20(4)10-6-7-15(21)19-14-9-8-12(17)11-13(14)18/h8-9,11H,5-7,10,18H2,1-4H3,(H,19,21). The Morgan fingerprint density at radius 1 is 1.43 bits per heavy atom. The Morgan fingerprint density at radius 3 is 2.67 bits per heavy atom. The van der Waals surface area contributed by atoms with Crippen molar-refractivity contribution in [1.82, 2.24) is 4.90 Å². The van der Waals surface area contributed by atoms with E-state index in [9.17, 15) is 4.79 Å². The average Bonchev–Trinajstić information content (AvgIpc) is 2.41. The minimum Gasteiger partial charge on any atom is -0.397 e. The summed E-state index contributed by atoms with van der Waals surface area (Å²) in [4.78, 5) is 14.2. The number of nitrogens with one attached hydrogen (secondary N) is 1. The zero-order valence-corrected chi connectivity index (χ0v) is 14.1. The van der Waals surface area contributed by atoms with Crippen molar-refractivity contribution in [1.29, 1.82) is 0 Å². The van der Waals surface area contributed by atoms with Gasteiger partial charge in [0.2, 0.25) is 5.91 Å². The predicted molar refractivity (Wildman–Crippen MR) is 90.7 cm³/mol. The van der Waals surface area contributed by atoms with Crippen molar-refractivity contribution in [3.63, 3.8) is 0 Å². The Bertz CT molecular complexity index is 488. The van der Waals surface area contributed by atoms with Gasteiger partial charge in [-0.15, -0.1) is 0 Å². The maximum Gasteiger partial charge on any atom is 0.224 e. The Balaban J connectivity index is 2.41. The minimum absolute atomic E-state index is 0.0215. The van der Waals surface area contributed by atoms with E-state index in [0.29, 0.717) is 22.8 Å². The number of nitrogen functional groups attached to an aromatic ring is 1. The fourth-order valence-electron chi connectivity index (χ4n) is 1.91. The summed E-state index contributed by atoms with van der Waals surface area (Å²) in [6, 6.07) is 5.07. The van der Waals surface area contributed by atoms with E-state index < -0.39 is 0 Å².